The van der Waals surface area contributed by atoms with Crippen molar-refractivity contribution in [1.29, 1.82) is 0 Å². The third kappa shape index (κ3) is 3.15. The maximum atomic E-state index is 11.0. The van der Waals surface area contributed by atoms with E-state index in [0.717, 1.165) is 17.7 Å². The molecule has 4 nitrogen and oxygen atoms in total. The van der Waals surface area contributed by atoms with Crippen LogP contribution in [-0.2, 0) is 13.0 Å². The van der Waals surface area contributed by atoms with Crippen molar-refractivity contribution in [2.45, 2.75) is 26.9 Å². The molecule has 0 saturated carbocycles. The molecule has 0 atom stereocenters. The zero-order valence-electron chi connectivity index (χ0n) is 11.6. The smallest absolute Gasteiger partial charge is 0.276 e. The second-order valence-corrected chi connectivity index (χ2v) is 4.64. The van der Waals surface area contributed by atoms with Gasteiger partial charge in [-0.1, -0.05) is 36.8 Å². The van der Waals surface area contributed by atoms with Gasteiger partial charge in [-0.3, -0.25) is 10.1 Å². The number of rotatable bonds is 5. The van der Waals surface area contributed by atoms with Crippen molar-refractivity contribution < 1.29 is 9.66 Å². The summed E-state index contributed by atoms with van der Waals surface area (Å²) in [6.07, 6.45) is 0.869. The fraction of sp³-hybridized carbons (Fsp3) is 0.250. The van der Waals surface area contributed by atoms with E-state index in [1.807, 2.05) is 19.1 Å². The van der Waals surface area contributed by atoms with E-state index in [-0.39, 0.29) is 17.2 Å². The first-order valence-electron chi connectivity index (χ1n) is 6.56. The third-order valence-corrected chi connectivity index (χ3v) is 3.17. The van der Waals surface area contributed by atoms with E-state index in [0.29, 0.717) is 5.56 Å². The van der Waals surface area contributed by atoms with E-state index in [1.165, 1.54) is 11.6 Å². The first kappa shape index (κ1) is 14.1. The molecule has 4 heteroatoms. The lowest BCUT2D eigenvalue weighted by Crippen LogP contribution is -2.02. The highest BCUT2D eigenvalue weighted by atomic mass is 16.6. The maximum absolute atomic E-state index is 11.0. The third-order valence-electron chi connectivity index (χ3n) is 3.17. The second-order valence-electron chi connectivity index (χ2n) is 4.64. The van der Waals surface area contributed by atoms with Gasteiger partial charge in [-0.05, 0) is 31.0 Å². The number of ether oxygens (including phenoxy) is 1. The fourth-order valence-corrected chi connectivity index (χ4v) is 2.09. The SMILES string of the molecule is CCc1cc(C)ccc1OCc1ccccc1[N+](=O)[O-]. The Balaban J connectivity index is 2.19. The maximum Gasteiger partial charge on any atom is 0.276 e. The molecule has 0 spiro atoms. The van der Waals surface area contributed by atoms with Gasteiger partial charge in [0, 0.05) is 6.07 Å². The van der Waals surface area contributed by atoms with E-state index < -0.39 is 0 Å². The number of hydrogen-bond donors (Lipinski definition) is 0. The fourth-order valence-electron chi connectivity index (χ4n) is 2.09. The van der Waals surface area contributed by atoms with Crippen LogP contribution in [0.25, 0.3) is 0 Å². The lowest BCUT2D eigenvalue weighted by atomic mass is 10.1. The summed E-state index contributed by atoms with van der Waals surface area (Å²) in [7, 11) is 0. The van der Waals surface area contributed by atoms with Crippen LogP contribution in [0.3, 0.4) is 0 Å². The Kier molecular flexibility index (Phi) is 4.35. The van der Waals surface area contributed by atoms with Crippen molar-refractivity contribution >= 4 is 5.69 Å². The molecule has 2 aromatic rings. The Labute approximate surface area is 118 Å². The van der Waals surface area contributed by atoms with Crippen LogP contribution in [0.1, 0.15) is 23.6 Å². The molecule has 0 fully saturated rings. The molecule has 0 aliphatic rings. The first-order valence-corrected chi connectivity index (χ1v) is 6.56. The molecular weight excluding hydrogens is 254 g/mol. The summed E-state index contributed by atoms with van der Waals surface area (Å²) in [5.74, 6) is 0.788. The quantitative estimate of drug-likeness (QED) is 0.609. The summed E-state index contributed by atoms with van der Waals surface area (Å²) in [6.45, 7) is 4.30. The Morgan fingerprint density at radius 2 is 1.90 bits per heavy atom. The highest BCUT2D eigenvalue weighted by Crippen LogP contribution is 2.24. The van der Waals surface area contributed by atoms with Crippen LogP contribution in [0.2, 0.25) is 0 Å². The molecule has 0 aliphatic heterocycles. The van der Waals surface area contributed by atoms with Crippen LogP contribution in [0.5, 0.6) is 5.75 Å². The van der Waals surface area contributed by atoms with Crippen molar-refractivity contribution in [3.05, 3.63) is 69.3 Å². The van der Waals surface area contributed by atoms with E-state index in [4.69, 9.17) is 4.74 Å². The Bertz CT molecular complexity index is 623. The van der Waals surface area contributed by atoms with Crippen molar-refractivity contribution in [3.8, 4) is 5.75 Å². The largest absolute Gasteiger partial charge is 0.488 e. The first-order chi connectivity index (χ1) is 9.61. The Hall–Kier alpha value is -2.36. The van der Waals surface area contributed by atoms with Gasteiger partial charge in [-0.25, -0.2) is 0 Å². The van der Waals surface area contributed by atoms with Gasteiger partial charge in [-0.15, -0.1) is 0 Å². The van der Waals surface area contributed by atoms with Gasteiger partial charge in [0.25, 0.3) is 5.69 Å². The number of hydrogen-bond acceptors (Lipinski definition) is 3. The van der Waals surface area contributed by atoms with Crippen LogP contribution in [0.15, 0.2) is 42.5 Å². The molecule has 0 bridgehead atoms. The molecule has 0 amide bonds. The zero-order valence-corrected chi connectivity index (χ0v) is 11.6. The van der Waals surface area contributed by atoms with Crippen LogP contribution in [0.4, 0.5) is 5.69 Å². The standard InChI is InChI=1S/C16H17NO3/c1-3-13-10-12(2)8-9-16(13)20-11-14-6-4-5-7-15(14)17(18)19/h4-10H,3,11H2,1-2H3. The van der Waals surface area contributed by atoms with Gasteiger partial charge in [-0.2, -0.15) is 0 Å². The molecule has 0 unspecified atom stereocenters. The molecule has 2 aromatic carbocycles. The molecule has 0 aromatic heterocycles. The average Bonchev–Trinajstić information content (AvgIpc) is 2.46. The van der Waals surface area contributed by atoms with E-state index in [1.54, 1.807) is 18.2 Å². The molecule has 0 N–H and O–H groups in total. The Morgan fingerprint density at radius 1 is 1.15 bits per heavy atom. The topological polar surface area (TPSA) is 52.4 Å². The number of para-hydroxylation sites is 1. The van der Waals surface area contributed by atoms with Gasteiger partial charge >= 0.3 is 0 Å². The van der Waals surface area contributed by atoms with Gasteiger partial charge in [0.2, 0.25) is 0 Å². The number of nitrogens with zero attached hydrogens (tertiary/aromatic N) is 1. The molecular formula is C16H17NO3. The van der Waals surface area contributed by atoms with E-state index in [9.17, 15) is 10.1 Å². The monoisotopic (exact) mass is 271 g/mol. The normalized spacial score (nSPS) is 10.3. The predicted molar refractivity (Wildman–Crippen MR) is 78.0 cm³/mol. The van der Waals surface area contributed by atoms with Crippen molar-refractivity contribution in [1.82, 2.24) is 0 Å². The van der Waals surface area contributed by atoms with Crippen LogP contribution < -0.4 is 4.74 Å². The minimum absolute atomic E-state index is 0.0951. The predicted octanol–water partition coefficient (Wildman–Crippen LogP) is 4.04. The summed E-state index contributed by atoms with van der Waals surface area (Å²) in [5, 5.41) is 11.0. The van der Waals surface area contributed by atoms with Gasteiger partial charge in [0.05, 0.1) is 10.5 Å². The highest BCUT2D eigenvalue weighted by Gasteiger charge is 2.13. The molecule has 0 radical (unpaired) electrons. The minimum Gasteiger partial charge on any atom is -0.488 e. The number of benzene rings is 2. The van der Waals surface area contributed by atoms with Crippen LogP contribution in [-0.4, -0.2) is 4.92 Å². The summed E-state index contributed by atoms with van der Waals surface area (Å²) >= 11 is 0. The number of nitro groups is 1. The number of aryl methyl sites for hydroxylation is 2. The van der Waals surface area contributed by atoms with E-state index >= 15 is 0 Å². The number of nitro benzene ring substituents is 1. The molecule has 0 heterocycles. The summed E-state index contributed by atoms with van der Waals surface area (Å²) in [5.41, 5.74) is 2.97. The van der Waals surface area contributed by atoms with Crippen LogP contribution in [0, 0.1) is 17.0 Å². The molecule has 0 saturated heterocycles. The summed E-state index contributed by atoms with van der Waals surface area (Å²) in [6, 6.07) is 12.6. The van der Waals surface area contributed by atoms with Crippen molar-refractivity contribution in [2.24, 2.45) is 0 Å². The van der Waals surface area contributed by atoms with Gasteiger partial charge in [0.15, 0.2) is 0 Å². The van der Waals surface area contributed by atoms with Crippen molar-refractivity contribution in [2.75, 3.05) is 0 Å². The molecule has 104 valence electrons. The second kappa shape index (κ2) is 6.19. The van der Waals surface area contributed by atoms with Gasteiger partial charge in [0.1, 0.15) is 12.4 Å². The molecule has 0 aliphatic carbocycles. The lowest BCUT2D eigenvalue weighted by molar-refractivity contribution is -0.385. The van der Waals surface area contributed by atoms with Gasteiger partial charge < -0.3 is 4.74 Å². The Morgan fingerprint density at radius 3 is 2.60 bits per heavy atom. The lowest BCUT2D eigenvalue weighted by Gasteiger charge is -2.11. The zero-order chi connectivity index (χ0) is 14.5. The van der Waals surface area contributed by atoms with Crippen LogP contribution >= 0.6 is 0 Å². The average molecular weight is 271 g/mol. The summed E-state index contributed by atoms with van der Waals surface area (Å²) in [4.78, 5) is 10.6. The van der Waals surface area contributed by atoms with E-state index in [2.05, 4.69) is 13.0 Å². The molecule has 2 rings (SSSR count). The van der Waals surface area contributed by atoms with Crippen molar-refractivity contribution in [3.63, 3.8) is 0 Å². The molecule has 20 heavy (non-hydrogen) atoms. The summed E-state index contributed by atoms with van der Waals surface area (Å²) < 4.78 is 5.76. The minimum atomic E-state index is -0.380. The highest BCUT2D eigenvalue weighted by molar-refractivity contribution is 5.41.